The fourth-order valence-electron chi connectivity index (χ4n) is 3.48. The van der Waals surface area contributed by atoms with Crippen molar-refractivity contribution in [3.05, 3.63) is 88.8 Å². The van der Waals surface area contributed by atoms with Gasteiger partial charge < -0.3 is 21.5 Å². The lowest BCUT2D eigenvalue weighted by molar-refractivity contribution is -0.275. The largest absolute Gasteiger partial charge is 0.573 e. The smallest absolute Gasteiger partial charge is 0.405 e. The molecule has 1 unspecified atom stereocenters. The highest BCUT2D eigenvalue weighted by Gasteiger charge is 2.32. The number of halogens is 3. The minimum atomic E-state index is -4.86. The normalized spacial score (nSPS) is 14.6. The number of ether oxygens (including phenoxy) is 1. The van der Waals surface area contributed by atoms with E-state index in [1.165, 1.54) is 29.5 Å². The molecule has 1 amide bonds. The van der Waals surface area contributed by atoms with Crippen molar-refractivity contribution in [2.24, 2.45) is 5.73 Å². The van der Waals surface area contributed by atoms with Gasteiger partial charge in [0, 0.05) is 5.56 Å². The Kier molecular flexibility index (Phi) is 6.19. The van der Waals surface area contributed by atoms with Crippen LogP contribution in [-0.2, 0) is 4.79 Å². The lowest BCUT2D eigenvalue weighted by Gasteiger charge is -2.19. The number of alkyl halides is 3. The van der Waals surface area contributed by atoms with E-state index in [-0.39, 0.29) is 16.8 Å². The van der Waals surface area contributed by atoms with Gasteiger partial charge in [-0.1, -0.05) is 41.3 Å². The molecule has 2 aromatic carbocycles. The van der Waals surface area contributed by atoms with Crippen LogP contribution in [-0.4, -0.2) is 17.3 Å². The van der Waals surface area contributed by atoms with Gasteiger partial charge in [0.25, 0.3) is 5.91 Å². The topological polar surface area (TPSA) is 103 Å². The molecule has 0 spiro atoms. The van der Waals surface area contributed by atoms with E-state index in [9.17, 15) is 18.0 Å². The molecule has 0 fully saturated rings. The van der Waals surface area contributed by atoms with Crippen molar-refractivity contribution < 1.29 is 22.7 Å². The maximum atomic E-state index is 13.1. The first-order valence-electron chi connectivity index (χ1n) is 10.1. The maximum Gasteiger partial charge on any atom is 0.573 e. The van der Waals surface area contributed by atoms with Crippen molar-refractivity contribution >= 4 is 38.2 Å². The quantitative estimate of drug-likeness (QED) is 0.444. The summed E-state index contributed by atoms with van der Waals surface area (Å²) in [6, 6.07) is 10.4. The molecule has 6 nitrogen and oxygen atoms in total. The number of carbonyl (C=O) groups excluding carboxylic acids is 1. The molecule has 1 aliphatic rings. The highest BCUT2D eigenvalue weighted by molar-refractivity contribution is 7.22. The second kappa shape index (κ2) is 9.09. The van der Waals surface area contributed by atoms with Crippen LogP contribution in [0.3, 0.4) is 0 Å². The minimum absolute atomic E-state index is 0.0962. The zero-order valence-electron chi connectivity index (χ0n) is 17.8. The summed E-state index contributed by atoms with van der Waals surface area (Å²) in [4.78, 5) is 17.3. The number of amides is 1. The number of carbonyl (C=O) groups is 1. The molecule has 3 aromatic rings. The summed E-state index contributed by atoms with van der Waals surface area (Å²) in [5, 5.41) is 3.15. The number of allylic oxidation sites excluding steroid dienone is 3. The number of thiazole rings is 1. The first-order valence-corrected chi connectivity index (χ1v) is 10.9. The summed E-state index contributed by atoms with van der Waals surface area (Å²) in [6.45, 7) is 1.56. The first-order chi connectivity index (χ1) is 16.1. The lowest BCUT2D eigenvalue weighted by atomic mass is 10.0. The third-order valence-electron chi connectivity index (χ3n) is 5.03. The van der Waals surface area contributed by atoms with Gasteiger partial charge >= 0.3 is 6.36 Å². The average molecular weight is 485 g/mol. The molecular weight excluding hydrogens is 465 g/mol. The van der Waals surface area contributed by atoms with Crippen LogP contribution in [0.4, 0.5) is 18.3 Å². The lowest BCUT2D eigenvalue weighted by Crippen LogP contribution is -2.30. The predicted molar refractivity (Wildman–Crippen MR) is 126 cm³/mol. The van der Waals surface area contributed by atoms with Crippen molar-refractivity contribution in [3.63, 3.8) is 0 Å². The number of hydrogen-bond acceptors (Lipinski definition) is 6. The van der Waals surface area contributed by atoms with Crippen LogP contribution in [0.25, 0.3) is 15.8 Å². The summed E-state index contributed by atoms with van der Waals surface area (Å²) < 4.78 is 43.3. The number of benzene rings is 2. The van der Waals surface area contributed by atoms with Crippen LogP contribution in [0.15, 0.2) is 77.7 Å². The molecule has 10 heteroatoms. The Morgan fingerprint density at radius 3 is 2.74 bits per heavy atom. The third kappa shape index (κ3) is 5.14. The highest BCUT2D eigenvalue weighted by Crippen LogP contribution is 2.32. The molecule has 0 saturated heterocycles. The van der Waals surface area contributed by atoms with Gasteiger partial charge in [-0.2, -0.15) is 0 Å². The second-order valence-electron chi connectivity index (χ2n) is 7.42. The van der Waals surface area contributed by atoms with E-state index < -0.39 is 24.1 Å². The van der Waals surface area contributed by atoms with Crippen molar-refractivity contribution in [3.8, 4) is 5.75 Å². The fraction of sp³-hybridized carbons (Fsp3) is 0.125. The number of nitrogens with one attached hydrogen (secondary N) is 1. The van der Waals surface area contributed by atoms with E-state index in [0.717, 1.165) is 15.8 Å². The van der Waals surface area contributed by atoms with Gasteiger partial charge in [-0.25, -0.2) is 4.98 Å². The Hall–Kier alpha value is -4.01. The SMILES string of the molecule is CC(NC(=O)C1=CC(c2ccc3nc(N)sc3c2)=CC=C=C1N)c1ccccc1OC(F)(F)F. The van der Waals surface area contributed by atoms with Crippen LogP contribution in [0.5, 0.6) is 5.75 Å². The molecule has 1 heterocycles. The fourth-order valence-corrected chi connectivity index (χ4v) is 4.25. The molecule has 1 atom stereocenters. The van der Waals surface area contributed by atoms with E-state index in [4.69, 9.17) is 11.5 Å². The number of nitrogens with zero attached hydrogens (tertiary/aromatic N) is 1. The molecule has 1 aliphatic carbocycles. The Balaban J connectivity index is 1.61. The van der Waals surface area contributed by atoms with E-state index in [1.54, 1.807) is 31.2 Å². The second-order valence-corrected chi connectivity index (χ2v) is 8.48. The Morgan fingerprint density at radius 2 is 1.97 bits per heavy atom. The van der Waals surface area contributed by atoms with Crippen LogP contribution >= 0.6 is 11.3 Å². The predicted octanol–water partition coefficient (Wildman–Crippen LogP) is 4.98. The maximum absolute atomic E-state index is 13.1. The average Bonchev–Trinajstić information content (AvgIpc) is 3.02. The highest BCUT2D eigenvalue weighted by atomic mass is 32.1. The van der Waals surface area contributed by atoms with E-state index in [2.05, 4.69) is 20.8 Å². The molecule has 0 bridgehead atoms. The van der Waals surface area contributed by atoms with Crippen molar-refractivity contribution in [2.45, 2.75) is 19.3 Å². The van der Waals surface area contributed by atoms with Gasteiger partial charge in [0.2, 0.25) is 0 Å². The monoisotopic (exact) mass is 484 g/mol. The van der Waals surface area contributed by atoms with Gasteiger partial charge in [-0.15, -0.1) is 13.2 Å². The summed E-state index contributed by atoms with van der Waals surface area (Å²) in [5.41, 5.74) is 17.3. The summed E-state index contributed by atoms with van der Waals surface area (Å²) in [5.74, 6) is -0.956. The molecule has 5 N–H and O–H groups in total. The van der Waals surface area contributed by atoms with E-state index in [0.29, 0.717) is 10.7 Å². The summed E-state index contributed by atoms with van der Waals surface area (Å²) in [7, 11) is 0. The van der Waals surface area contributed by atoms with Gasteiger partial charge in [-0.05, 0) is 54.5 Å². The zero-order valence-corrected chi connectivity index (χ0v) is 18.6. The Labute approximate surface area is 196 Å². The molecule has 34 heavy (non-hydrogen) atoms. The molecule has 0 aliphatic heterocycles. The molecule has 0 radical (unpaired) electrons. The Morgan fingerprint density at radius 1 is 1.21 bits per heavy atom. The number of anilines is 1. The van der Waals surface area contributed by atoms with Crippen LogP contribution in [0.1, 0.15) is 24.1 Å². The van der Waals surface area contributed by atoms with Crippen molar-refractivity contribution in [2.75, 3.05) is 5.73 Å². The molecule has 4 rings (SSSR count). The van der Waals surface area contributed by atoms with Crippen LogP contribution in [0, 0.1) is 0 Å². The van der Waals surface area contributed by atoms with Crippen LogP contribution in [0.2, 0.25) is 0 Å². The summed E-state index contributed by atoms with van der Waals surface area (Å²) >= 11 is 1.35. The number of rotatable bonds is 5. The first kappa shape index (κ1) is 23.2. The molecular formula is C24H19F3N4O2S. The minimum Gasteiger partial charge on any atom is -0.405 e. The van der Waals surface area contributed by atoms with Crippen molar-refractivity contribution in [1.29, 1.82) is 0 Å². The van der Waals surface area contributed by atoms with Gasteiger partial charge in [-0.3, -0.25) is 4.79 Å². The number of nitrogens with two attached hydrogens (primary N) is 2. The molecule has 0 saturated carbocycles. The van der Waals surface area contributed by atoms with Crippen molar-refractivity contribution in [1.82, 2.24) is 10.3 Å². The van der Waals surface area contributed by atoms with Gasteiger partial charge in [0.05, 0.1) is 27.5 Å². The zero-order chi connectivity index (χ0) is 24.5. The Bertz CT molecular complexity index is 1400. The third-order valence-corrected chi connectivity index (χ3v) is 5.88. The summed E-state index contributed by atoms with van der Waals surface area (Å²) in [6.07, 6.45) is 0.111. The van der Waals surface area contributed by atoms with Crippen LogP contribution < -0.4 is 21.5 Å². The standard InChI is InChI=1S/C24H19F3N4O2S/c1-13(16-6-2-3-8-20(16)33-24(25,26)27)30-22(32)17-11-14(5-4-7-18(17)28)15-9-10-19-21(12-15)34-23(29)31-19/h2-6,8-13H,28H2,1H3,(H2,29,31)(H,30,32). The number of para-hydroxylation sites is 1. The number of nitrogen functional groups attached to an aromatic ring is 1. The number of aromatic nitrogens is 1. The number of fused-ring (bicyclic) bond motifs is 1. The number of hydrogen-bond donors (Lipinski definition) is 3. The van der Waals surface area contributed by atoms with Gasteiger partial charge in [0.15, 0.2) is 5.13 Å². The van der Waals surface area contributed by atoms with Gasteiger partial charge in [0.1, 0.15) is 5.75 Å². The van der Waals surface area contributed by atoms with E-state index in [1.807, 2.05) is 18.2 Å². The molecule has 1 aromatic heterocycles. The van der Waals surface area contributed by atoms with E-state index >= 15 is 0 Å². The molecule has 174 valence electrons.